The second-order valence-corrected chi connectivity index (χ2v) is 3.92. The Bertz CT molecular complexity index is 314. The second kappa shape index (κ2) is 6.78. The van der Waals surface area contributed by atoms with Gasteiger partial charge in [-0.25, -0.2) is 9.97 Å². The van der Waals surface area contributed by atoms with E-state index in [4.69, 9.17) is 21.1 Å². The Morgan fingerprint density at radius 1 is 1.44 bits per heavy atom. The highest BCUT2D eigenvalue weighted by atomic mass is 35.5. The molecule has 1 heterocycles. The van der Waals surface area contributed by atoms with Gasteiger partial charge in [-0.2, -0.15) is 0 Å². The van der Waals surface area contributed by atoms with Crippen molar-refractivity contribution in [1.82, 2.24) is 9.97 Å². The van der Waals surface area contributed by atoms with Crippen molar-refractivity contribution in [2.45, 2.75) is 33.5 Å². The quantitative estimate of drug-likeness (QED) is 0.721. The highest BCUT2D eigenvalue weighted by Gasteiger charge is 2.05. The Balaban J connectivity index is 2.41. The van der Waals surface area contributed by atoms with Crippen LogP contribution in [0.4, 0.5) is 0 Å². The number of aryl methyl sites for hydroxylation is 1. The van der Waals surface area contributed by atoms with Gasteiger partial charge in [-0.05, 0) is 26.8 Å². The first-order valence-corrected chi connectivity index (χ1v) is 5.69. The van der Waals surface area contributed by atoms with Crippen molar-refractivity contribution in [3.05, 3.63) is 22.7 Å². The van der Waals surface area contributed by atoms with Crippen LogP contribution in [0.1, 0.15) is 25.4 Å². The van der Waals surface area contributed by atoms with Crippen LogP contribution < -0.4 is 0 Å². The van der Waals surface area contributed by atoms with Crippen molar-refractivity contribution in [2.75, 3.05) is 13.2 Å². The number of ether oxygens (including phenoxy) is 2. The zero-order valence-electron chi connectivity index (χ0n) is 9.86. The van der Waals surface area contributed by atoms with E-state index in [1.54, 1.807) is 6.07 Å². The Morgan fingerprint density at radius 2 is 2.19 bits per heavy atom. The Hall–Kier alpha value is -0.710. The number of halogens is 1. The topological polar surface area (TPSA) is 44.2 Å². The zero-order chi connectivity index (χ0) is 12.0. The van der Waals surface area contributed by atoms with Gasteiger partial charge in [0, 0.05) is 12.3 Å². The third-order valence-corrected chi connectivity index (χ3v) is 2.12. The molecule has 0 aliphatic heterocycles. The van der Waals surface area contributed by atoms with Crippen LogP contribution in [0.25, 0.3) is 0 Å². The number of rotatable bonds is 6. The van der Waals surface area contributed by atoms with Gasteiger partial charge in [-0.3, -0.25) is 0 Å². The maximum Gasteiger partial charge on any atom is 0.155 e. The van der Waals surface area contributed by atoms with E-state index in [-0.39, 0.29) is 6.10 Å². The van der Waals surface area contributed by atoms with E-state index >= 15 is 0 Å². The van der Waals surface area contributed by atoms with Crippen molar-refractivity contribution in [3.8, 4) is 0 Å². The van der Waals surface area contributed by atoms with Crippen molar-refractivity contribution < 1.29 is 9.47 Å². The van der Waals surface area contributed by atoms with Gasteiger partial charge in [0.2, 0.25) is 0 Å². The van der Waals surface area contributed by atoms with Gasteiger partial charge in [0.05, 0.1) is 12.7 Å². The molecular formula is C11H17ClN2O2. The van der Waals surface area contributed by atoms with E-state index in [0.717, 1.165) is 5.69 Å². The summed E-state index contributed by atoms with van der Waals surface area (Å²) < 4.78 is 10.8. The number of aromatic nitrogens is 2. The summed E-state index contributed by atoms with van der Waals surface area (Å²) in [4.78, 5) is 8.30. The Morgan fingerprint density at radius 3 is 2.81 bits per heavy atom. The molecular weight excluding hydrogens is 228 g/mol. The molecule has 1 unspecified atom stereocenters. The van der Waals surface area contributed by atoms with Crippen LogP contribution in [-0.2, 0) is 16.1 Å². The van der Waals surface area contributed by atoms with E-state index < -0.39 is 0 Å². The average molecular weight is 245 g/mol. The van der Waals surface area contributed by atoms with E-state index in [1.807, 2.05) is 20.8 Å². The van der Waals surface area contributed by atoms with Crippen LogP contribution in [0.3, 0.4) is 0 Å². The lowest BCUT2D eigenvalue weighted by Gasteiger charge is -2.12. The molecule has 0 N–H and O–H groups in total. The zero-order valence-corrected chi connectivity index (χ0v) is 10.6. The third-order valence-electron chi connectivity index (χ3n) is 1.92. The molecule has 0 bridgehead atoms. The summed E-state index contributed by atoms with van der Waals surface area (Å²) >= 11 is 5.82. The SMILES string of the molecule is CCOCC(C)OCc1nc(C)cc(Cl)n1. The third kappa shape index (κ3) is 4.88. The molecule has 0 fully saturated rings. The van der Waals surface area contributed by atoms with Gasteiger partial charge in [-0.15, -0.1) is 0 Å². The summed E-state index contributed by atoms with van der Waals surface area (Å²) in [7, 11) is 0. The summed E-state index contributed by atoms with van der Waals surface area (Å²) in [5.74, 6) is 0.605. The fourth-order valence-electron chi connectivity index (χ4n) is 1.20. The minimum atomic E-state index is 0.0304. The molecule has 5 heteroatoms. The summed E-state index contributed by atoms with van der Waals surface area (Å²) in [5.41, 5.74) is 0.844. The summed E-state index contributed by atoms with van der Waals surface area (Å²) in [6.45, 7) is 7.41. The largest absolute Gasteiger partial charge is 0.379 e. The van der Waals surface area contributed by atoms with Crippen molar-refractivity contribution in [2.24, 2.45) is 0 Å². The highest BCUT2D eigenvalue weighted by Crippen LogP contribution is 2.07. The van der Waals surface area contributed by atoms with E-state index in [0.29, 0.717) is 30.8 Å². The minimum Gasteiger partial charge on any atom is -0.379 e. The molecule has 90 valence electrons. The monoisotopic (exact) mass is 244 g/mol. The summed E-state index contributed by atoms with van der Waals surface area (Å²) in [6, 6.07) is 1.72. The van der Waals surface area contributed by atoms with Crippen LogP contribution in [0.15, 0.2) is 6.07 Å². The predicted molar refractivity (Wildman–Crippen MR) is 62.5 cm³/mol. The highest BCUT2D eigenvalue weighted by molar-refractivity contribution is 6.29. The normalized spacial score (nSPS) is 12.8. The minimum absolute atomic E-state index is 0.0304. The average Bonchev–Trinajstić information content (AvgIpc) is 2.22. The van der Waals surface area contributed by atoms with Crippen LogP contribution >= 0.6 is 11.6 Å². The lowest BCUT2D eigenvalue weighted by atomic mass is 10.4. The lowest BCUT2D eigenvalue weighted by molar-refractivity contribution is -0.0139. The number of hydrogen-bond donors (Lipinski definition) is 0. The first-order valence-electron chi connectivity index (χ1n) is 5.31. The molecule has 1 aromatic heterocycles. The van der Waals surface area contributed by atoms with Gasteiger partial charge in [0.1, 0.15) is 11.8 Å². The van der Waals surface area contributed by atoms with E-state index in [1.165, 1.54) is 0 Å². The molecule has 0 aliphatic carbocycles. The molecule has 0 spiro atoms. The molecule has 0 aliphatic rings. The first kappa shape index (κ1) is 13.4. The standard InChI is InChI=1S/C11H17ClN2O2/c1-4-15-6-9(3)16-7-11-13-8(2)5-10(12)14-11/h5,9H,4,6-7H2,1-3H3. The summed E-state index contributed by atoms with van der Waals surface area (Å²) in [6.07, 6.45) is 0.0304. The van der Waals surface area contributed by atoms with Crippen LogP contribution in [0.5, 0.6) is 0 Å². The molecule has 1 atom stereocenters. The Kier molecular flexibility index (Phi) is 5.66. The van der Waals surface area contributed by atoms with Gasteiger partial charge in [0.25, 0.3) is 0 Å². The van der Waals surface area contributed by atoms with E-state index in [9.17, 15) is 0 Å². The smallest absolute Gasteiger partial charge is 0.155 e. The van der Waals surface area contributed by atoms with Crippen LogP contribution in [-0.4, -0.2) is 29.3 Å². The molecule has 1 rings (SSSR count). The molecule has 0 saturated carbocycles. The summed E-state index contributed by atoms with van der Waals surface area (Å²) in [5, 5.41) is 0.448. The van der Waals surface area contributed by atoms with Gasteiger partial charge < -0.3 is 9.47 Å². The maximum absolute atomic E-state index is 5.82. The molecule has 0 aromatic carbocycles. The Labute approximate surface area is 101 Å². The predicted octanol–water partition coefficient (Wildman–Crippen LogP) is 2.38. The fourth-order valence-corrected chi connectivity index (χ4v) is 1.46. The molecule has 4 nitrogen and oxygen atoms in total. The van der Waals surface area contributed by atoms with Crippen molar-refractivity contribution in [3.63, 3.8) is 0 Å². The molecule has 0 saturated heterocycles. The van der Waals surface area contributed by atoms with E-state index in [2.05, 4.69) is 9.97 Å². The van der Waals surface area contributed by atoms with Crippen molar-refractivity contribution in [1.29, 1.82) is 0 Å². The second-order valence-electron chi connectivity index (χ2n) is 3.53. The van der Waals surface area contributed by atoms with Crippen molar-refractivity contribution >= 4 is 11.6 Å². The maximum atomic E-state index is 5.82. The van der Waals surface area contributed by atoms with Crippen LogP contribution in [0.2, 0.25) is 5.15 Å². The van der Waals surface area contributed by atoms with Gasteiger partial charge >= 0.3 is 0 Å². The van der Waals surface area contributed by atoms with Gasteiger partial charge in [0.15, 0.2) is 5.82 Å². The number of nitrogens with zero attached hydrogens (tertiary/aromatic N) is 2. The number of hydrogen-bond acceptors (Lipinski definition) is 4. The van der Waals surface area contributed by atoms with Crippen LogP contribution in [0, 0.1) is 6.92 Å². The first-order chi connectivity index (χ1) is 7.61. The molecule has 16 heavy (non-hydrogen) atoms. The lowest BCUT2D eigenvalue weighted by Crippen LogP contribution is -2.16. The molecule has 0 amide bonds. The van der Waals surface area contributed by atoms with Gasteiger partial charge in [-0.1, -0.05) is 11.6 Å². The molecule has 1 aromatic rings. The fraction of sp³-hybridized carbons (Fsp3) is 0.636. The molecule has 0 radical (unpaired) electrons.